The number of benzene rings is 7. The summed E-state index contributed by atoms with van der Waals surface area (Å²) < 4.78 is 4.51. The van der Waals surface area contributed by atoms with E-state index in [1.54, 1.807) is 12.4 Å². The molecule has 0 saturated carbocycles. The highest BCUT2D eigenvalue weighted by Crippen LogP contribution is 2.42. The standard InChI is InChI=1S/C62H38N10/c1-3-15-39(16-4-1)41-19-11-21-43(37-41)59-68-60(44-22-12-20-42(38-44)40-17-5-2-6-18-40)70-62(69-59)61-64-36-34-56(67-61)72-54-28-10-8-24-46(54)48-31-30-47-45-23-7-9-27-53(45)71(57(47)58(48)72)55-29-13-25-51(66-55)52-33-32-49-50(65-52)26-14-35-63-49/h1-38H. The second-order valence-electron chi connectivity index (χ2n) is 17.6. The van der Waals surface area contributed by atoms with Crippen LogP contribution in [0.3, 0.4) is 0 Å². The lowest BCUT2D eigenvalue weighted by Crippen LogP contribution is -2.06. The maximum Gasteiger partial charge on any atom is 0.201 e. The van der Waals surface area contributed by atoms with Gasteiger partial charge in [0.1, 0.15) is 11.6 Å². The predicted octanol–water partition coefficient (Wildman–Crippen LogP) is 14.2. The Bertz CT molecular complexity index is 4310. The third kappa shape index (κ3) is 6.96. The number of hydrogen-bond donors (Lipinski definition) is 0. The van der Waals surface area contributed by atoms with E-state index in [1.807, 2.05) is 103 Å². The van der Waals surface area contributed by atoms with Crippen molar-refractivity contribution in [3.05, 3.63) is 231 Å². The molecule has 0 unspecified atom stereocenters. The maximum atomic E-state index is 5.39. The summed E-state index contributed by atoms with van der Waals surface area (Å²) >= 11 is 0. The smallest absolute Gasteiger partial charge is 0.201 e. The Balaban J connectivity index is 0.979. The first-order valence-electron chi connectivity index (χ1n) is 23.8. The second kappa shape index (κ2) is 16.9. The van der Waals surface area contributed by atoms with Crippen molar-refractivity contribution in [2.24, 2.45) is 0 Å². The fourth-order valence-electron chi connectivity index (χ4n) is 10.0. The molecule has 0 fully saturated rings. The van der Waals surface area contributed by atoms with Crippen LogP contribution in [0.5, 0.6) is 0 Å². The van der Waals surface area contributed by atoms with Gasteiger partial charge in [0.25, 0.3) is 0 Å². The van der Waals surface area contributed by atoms with Crippen LogP contribution in [-0.4, -0.2) is 49.0 Å². The molecule has 0 N–H and O–H groups in total. The number of fused-ring (bicyclic) bond motifs is 8. The number of hydrogen-bond acceptors (Lipinski definition) is 8. The van der Waals surface area contributed by atoms with E-state index in [0.717, 1.165) is 105 Å². The highest BCUT2D eigenvalue weighted by atomic mass is 15.1. The lowest BCUT2D eigenvalue weighted by molar-refractivity contribution is 0.995. The molecular weight excluding hydrogens is 885 g/mol. The minimum Gasteiger partial charge on any atom is -0.292 e. The van der Waals surface area contributed by atoms with E-state index in [1.165, 1.54) is 0 Å². The van der Waals surface area contributed by atoms with Crippen molar-refractivity contribution in [1.29, 1.82) is 0 Å². The maximum absolute atomic E-state index is 5.39. The number of rotatable bonds is 8. The van der Waals surface area contributed by atoms with Crippen LogP contribution in [0.1, 0.15) is 0 Å². The van der Waals surface area contributed by atoms with Gasteiger partial charge in [-0.3, -0.25) is 14.1 Å². The molecule has 10 nitrogen and oxygen atoms in total. The Morgan fingerprint density at radius 2 is 0.792 bits per heavy atom. The molecule has 72 heavy (non-hydrogen) atoms. The lowest BCUT2D eigenvalue weighted by atomic mass is 10.0. The molecule has 7 aromatic heterocycles. The van der Waals surface area contributed by atoms with Crippen molar-refractivity contribution in [3.8, 4) is 79.7 Å². The van der Waals surface area contributed by atoms with Gasteiger partial charge in [-0.1, -0.05) is 152 Å². The normalized spacial score (nSPS) is 11.6. The van der Waals surface area contributed by atoms with Crippen molar-refractivity contribution in [1.82, 2.24) is 49.0 Å². The highest BCUT2D eigenvalue weighted by molar-refractivity contribution is 6.23. The lowest BCUT2D eigenvalue weighted by Gasteiger charge is -2.13. The van der Waals surface area contributed by atoms with Gasteiger partial charge >= 0.3 is 0 Å². The zero-order valence-electron chi connectivity index (χ0n) is 38.4. The van der Waals surface area contributed by atoms with Gasteiger partial charge in [-0.05, 0) is 89.0 Å². The molecule has 0 saturated heterocycles. The predicted molar refractivity (Wildman–Crippen MR) is 288 cm³/mol. The molecule has 0 radical (unpaired) electrons. The van der Waals surface area contributed by atoms with Gasteiger partial charge < -0.3 is 0 Å². The summed E-state index contributed by atoms with van der Waals surface area (Å²) in [7, 11) is 0. The topological polar surface area (TPSA) is 113 Å². The van der Waals surface area contributed by atoms with Gasteiger partial charge in [0.05, 0.1) is 44.5 Å². The average Bonchev–Trinajstić information content (AvgIpc) is 3.99. The molecule has 0 aliphatic rings. The Hall–Kier alpha value is -10.1. The molecule has 0 aliphatic heterocycles. The SMILES string of the molecule is c1ccc(-c2cccc(-c3nc(-c4cccc(-c5ccccc5)c4)nc(-c4nccc(-n5c6ccccc6c6ccc7c8ccccc8n(-c8cccc(-c9ccc%10ncccc%10n9)n8)c7c65)n4)n3)c2)cc1. The first-order chi connectivity index (χ1) is 35.7. The van der Waals surface area contributed by atoms with Crippen LogP contribution in [0.4, 0.5) is 0 Å². The highest BCUT2D eigenvalue weighted by Gasteiger charge is 2.24. The van der Waals surface area contributed by atoms with Gasteiger partial charge in [-0.2, -0.15) is 0 Å². The van der Waals surface area contributed by atoms with Gasteiger partial charge in [0, 0.05) is 45.1 Å². The molecule has 0 atom stereocenters. The summed E-state index contributed by atoms with van der Waals surface area (Å²) in [5.74, 6) is 3.16. The Morgan fingerprint density at radius 1 is 0.264 bits per heavy atom. The number of nitrogens with zero attached hydrogens (tertiary/aromatic N) is 10. The zero-order chi connectivity index (χ0) is 47.5. The summed E-state index contributed by atoms with van der Waals surface area (Å²) in [6.07, 6.45) is 3.58. The largest absolute Gasteiger partial charge is 0.292 e. The number of para-hydroxylation sites is 2. The molecule has 7 heterocycles. The van der Waals surface area contributed by atoms with Gasteiger partial charge in [-0.25, -0.2) is 34.9 Å². The van der Waals surface area contributed by atoms with Crippen LogP contribution < -0.4 is 0 Å². The number of aromatic nitrogens is 10. The van der Waals surface area contributed by atoms with Crippen LogP contribution in [0.15, 0.2) is 231 Å². The first-order valence-corrected chi connectivity index (χ1v) is 23.8. The third-order valence-electron chi connectivity index (χ3n) is 13.3. The minimum absolute atomic E-state index is 0.353. The molecule has 0 bridgehead atoms. The van der Waals surface area contributed by atoms with Crippen molar-refractivity contribution in [2.75, 3.05) is 0 Å². The van der Waals surface area contributed by atoms with Gasteiger partial charge in [0.2, 0.25) is 5.82 Å². The summed E-state index contributed by atoms with van der Waals surface area (Å²) in [5, 5.41) is 4.35. The van der Waals surface area contributed by atoms with E-state index in [0.29, 0.717) is 29.1 Å². The van der Waals surface area contributed by atoms with Gasteiger partial charge in [-0.15, -0.1) is 0 Å². The van der Waals surface area contributed by atoms with Crippen molar-refractivity contribution in [2.45, 2.75) is 0 Å². The molecule has 14 aromatic rings. The molecule has 10 heteroatoms. The van der Waals surface area contributed by atoms with Gasteiger partial charge in [0.15, 0.2) is 17.5 Å². The number of pyridine rings is 3. The Labute approximate surface area is 412 Å². The van der Waals surface area contributed by atoms with E-state index in [4.69, 9.17) is 34.9 Å². The zero-order valence-corrected chi connectivity index (χ0v) is 38.4. The molecule has 14 rings (SSSR count). The monoisotopic (exact) mass is 922 g/mol. The van der Waals surface area contributed by atoms with Crippen molar-refractivity contribution < 1.29 is 0 Å². The molecule has 0 amide bonds. The van der Waals surface area contributed by atoms with E-state index in [-0.39, 0.29) is 0 Å². The van der Waals surface area contributed by atoms with E-state index < -0.39 is 0 Å². The summed E-state index contributed by atoms with van der Waals surface area (Å²) in [6.45, 7) is 0. The summed E-state index contributed by atoms with van der Waals surface area (Å²) in [6, 6.07) is 74.6. The minimum atomic E-state index is 0.353. The Morgan fingerprint density at radius 3 is 1.43 bits per heavy atom. The van der Waals surface area contributed by atoms with E-state index in [9.17, 15) is 0 Å². The first kappa shape index (κ1) is 41.0. The summed E-state index contributed by atoms with van der Waals surface area (Å²) in [4.78, 5) is 40.6. The summed E-state index contributed by atoms with van der Waals surface area (Å²) in [5.41, 5.74) is 13.2. The molecule has 0 spiro atoms. The van der Waals surface area contributed by atoms with Crippen molar-refractivity contribution in [3.63, 3.8) is 0 Å². The molecule has 336 valence electrons. The molecule has 7 aromatic carbocycles. The third-order valence-corrected chi connectivity index (χ3v) is 13.3. The molecule has 0 aliphatic carbocycles. The van der Waals surface area contributed by atoms with Crippen LogP contribution >= 0.6 is 0 Å². The Kier molecular flexibility index (Phi) is 9.59. The van der Waals surface area contributed by atoms with Crippen LogP contribution in [0.2, 0.25) is 0 Å². The second-order valence-corrected chi connectivity index (χ2v) is 17.6. The van der Waals surface area contributed by atoms with Crippen molar-refractivity contribution >= 4 is 54.6 Å². The van der Waals surface area contributed by atoms with Crippen LogP contribution in [-0.2, 0) is 0 Å². The fourth-order valence-corrected chi connectivity index (χ4v) is 10.0. The fraction of sp³-hybridized carbons (Fsp3) is 0. The van der Waals surface area contributed by atoms with Crippen LogP contribution in [0.25, 0.3) is 134 Å². The van der Waals surface area contributed by atoms with Crippen LogP contribution in [0, 0.1) is 0 Å². The molecular formula is C62H38N10. The van der Waals surface area contributed by atoms with E-state index >= 15 is 0 Å². The average molecular weight is 923 g/mol. The quantitative estimate of drug-likeness (QED) is 0.148. The van der Waals surface area contributed by atoms with E-state index in [2.05, 4.69) is 129 Å².